The second-order valence-electron chi connectivity index (χ2n) is 8.84. The molecule has 1 saturated heterocycles. The molecule has 0 amide bonds. The second kappa shape index (κ2) is 9.89. The molecule has 1 aromatic carbocycles. The highest BCUT2D eigenvalue weighted by atomic mass is 19.3. The molecule has 3 aromatic heterocycles. The molecule has 0 N–H and O–H groups in total. The Balaban J connectivity index is 1.59. The number of halogens is 4. The lowest BCUT2D eigenvalue weighted by molar-refractivity contribution is -0.0533. The van der Waals surface area contributed by atoms with E-state index in [1.807, 2.05) is 0 Å². The molecule has 192 valence electrons. The molecule has 37 heavy (non-hydrogen) atoms. The van der Waals surface area contributed by atoms with E-state index in [2.05, 4.69) is 19.7 Å². The molecule has 2 atom stereocenters. The fraction of sp³-hybridized carbons (Fsp3) is 0.308. The molecule has 0 bridgehead atoms. The van der Waals surface area contributed by atoms with Crippen LogP contribution in [0.2, 0.25) is 0 Å². The molecule has 4 heterocycles. The van der Waals surface area contributed by atoms with E-state index in [0.29, 0.717) is 42.0 Å². The predicted molar refractivity (Wildman–Crippen MR) is 126 cm³/mol. The van der Waals surface area contributed by atoms with E-state index in [-0.39, 0.29) is 28.8 Å². The molecule has 7 nitrogen and oxygen atoms in total. The van der Waals surface area contributed by atoms with Gasteiger partial charge >= 0.3 is 6.61 Å². The first-order valence-corrected chi connectivity index (χ1v) is 11.6. The highest BCUT2D eigenvalue weighted by molar-refractivity contribution is 5.61. The number of nitrogens with zero attached hydrogens (tertiary/aromatic N) is 4. The summed E-state index contributed by atoms with van der Waals surface area (Å²) < 4.78 is 65.3. The molecule has 4 aromatic rings. The van der Waals surface area contributed by atoms with Crippen molar-refractivity contribution in [1.82, 2.24) is 19.4 Å². The summed E-state index contributed by atoms with van der Waals surface area (Å²) in [6.45, 7) is 0.683. The molecule has 0 spiro atoms. The normalized spacial score (nSPS) is 17.9. The number of pyridine rings is 1. The van der Waals surface area contributed by atoms with E-state index in [1.165, 1.54) is 22.7 Å². The number of aryl methyl sites for hydroxylation is 1. The zero-order valence-corrected chi connectivity index (χ0v) is 19.9. The Morgan fingerprint density at radius 2 is 1.92 bits per heavy atom. The van der Waals surface area contributed by atoms with Crippen molar-refractivity contribution in [2.75, 3.05) is 6.61 Å². The Bertz CT molecular complexity index is 1540. The number of benzene rings is 1. The quantitative estimate of drug-likeness (QED) is 0.337. The van der Waals surface area contributed by atoms with Crippen molar-refractivity contribution in [3.63, 3.8) is 0 Å². The van der Waals surface area contributed by atoms with E-state index >= 15 is 0 Å². The highest BCUT2D eigenvalue weighted by Crippen LogP contribution is 2.38. The fourth-order valence-electron chi connectivity index (χ4n) is 4.51. The summed E-state index contributed by atoms with van der Waals surface area (Å²) in [5.41, 5.74) is 1.95. The zero-order chi connectivity index (χ0) is 26.3. The van der Waals surface area contributed by atoms with E-state index in [1.54, 1.807) is 26.0 Å². The van der Waals surface area contributed by atoms with E-state index in [0.717, 1.165) is 12.1 Å². The summed E-state index contributed by atoms with van der Waals surface area (Å²) in [5.74, 6) is -1.99. The minimum atomic E-state index is -3.00. The Kier molecular flexibility index (Phi) is 6.63. The summed E-state index contributed by atoms with van der Waals surface area (Å²) in [4.78, 5) is 26.2. The molecule has 11 heteroatoms. The van der Waals surface area contributed by atoms with Gasteiger partial charge in [-0.25, -0.2) is 28.1 Å². The average molecular weight is 514 g/mol. The van der Waals surface area contributed by atoms with Crippen LogP contribution in [0.1, 0.15) is 47.4 Å². The third-order valence-electron chi connectivity index (χ3n) is 6.52. The number of hydrogen-bond acceptors (Lipinski definition) is 6. The zero-order valence-electron chi connectivity index (χ0n) is 19.9. The lowest BCUT2D eigenvalue weighted by Gasteiger charge is -2.30. The lowest BCUT2D eigenvalue weighted by Crippen LogP contribution is -2.24. The maximum Gasteiger partial charge on any atom is 0.388 e. The van der Waals surface area contributed by atoms with Gasteiger partial charge in [-0.05, 0) is 50.5 Å². The van der Waals surface area contributed by atoms with Crippen LogP contribution < -0.4 is 10.3 Å². The van der Waals surface area contributed by atoms with Gasteiger partial charge in [0.2, 0.25) is 5.88 Å². The SMILES string of the molecule is Cc1nc2cc([C@H]3CCO[C@@H](c4ccnc(OC(F)F)c4)C3)nc(-c3ccc(F)cc3F)n2c(=O)c1C. The van der Waals surface area contributed by atoms with Gasteiger partial charge in [-0.2, -0.15) is 8.78 Å². The van der Waals surface area contributed by atoms with Crippen LogP contribution >= 0.6 is 0 Å². The molecular weight excluding hydrogens is 492 g/mol. The van der Waals surface area contributed by atoms with Crippen LogP contribution in [-0.2, 0) is 4.74 Å². The number of rotatable bonds is 5. The topological polar surface area (TPSA) is 78.6 Å². The van der Waals surface area contributed by atoms with Crippen LogP contribution in [0.15, 0.2) is 47.4 Å². The molecule has 5 rings (SSSR count). The molecule has 0 aliphatic carbocycles. The third-order valence-corrected chi connectivity index (χ3v) is 6.52. The molecule has 1 aliphatic heterocycles. The Morgan fingerprint density at radius 1 is 1.11 bits per heavy atom. The van der Waals surface area contributed by atoms with Gasteiger partial charge in [0.25, 0.3) is 5.56 Å². The van der Waals surface area contributed by atoms with Crippen LogP contribution in [0.25, 0.3) is 17.0 Å². The van der Waals surface area contributed by atoms with Crippen LogP contribution in [0.3, 0.4) is 0 Å². The lowest BCUT2D eigenvalue weighted by atomic mass is 9.89. The van der Waals surface area contributed by atoms with Gasteiger partial charge in [-0.15, -0.1) is 0 Å². The first-order valence-electron chi connectivity index (χ1n) is 11.6. The third kappa shape index (κ3) is 4.91. The molecule has 0 radical (unpaired) electrons. The number of alkyl halides is 2. The Morgan fingerprint density at radius 3 is 2.68 bits per heavy atom. The van der Waals surface area contributed by atoms with Crippen molar-refractivity contribution in [2.24, 2.45) is 0 Å². The standard InChI is InChI=1S/C26H22F4N4O3/c1-13-14(2)32-22-12-20(33-24(34(22)25(13)35)18-4-3-17(27)11-19(18)28)15-6-8-36-21(9-15)16-5-7-31-23(10-16)37-26(29)30/h3-5,7,10-12,15,21,26H,6,8-9H2,1-2H3/t15-,21+/m0/s1. The van der Waals surface area contributed by atoms with Crippen molar-refractivity contribution in [3.8, 4) is 17.3 Å². The van der Waals surface area contributed by atoms with Gasteiger partial charge in [0.15, 0.2) is 5.82 Å². The van der Waals surface area contributed by atoms with Crippen LogP contribution in [0.4, 0.5) is 17.6 Å². The Hall–Kier alpha value is -3.86. The maximum atomic E-state index is 14.9. The smallest absolute Gasteiger partial charge is 0.388 e. The van der Waals surface area contributed by atoms with E-state index in [9.17, 15) is 22.4 Å². The van der Waals surface area contributed by atoms with Gasteiger partial charge in [0, 0.05) is 53.9 Å². The summed E-state index contributed by atoms with van der Waals surface area (Å²) in [6, 6.07) is 7.83. The van der Waals surface area contributed by atoms with Crippen molar-refractivity contribution in [1.29, 1.82) is 0 Å². The monoisotopic (exact) mass is 514 g/mol. The van der Waals surface area contributed by atoms with Gasteiger partial charge in [0.1, 0.15) is 17.3 Å². The van der Waals surface area contributed by atoms with Crippen molar-refractivity contribution in [2.45, 2.75) is 45.3 Å². The van der Waals surface area contributed by atoms with Crippen LogP contribution in [-0.4, -0.2) is 32.6 Å². The van der Waals surface area contributed by atoms with Gasteiger partial charge < -0.3 is 9.47 Å². The predicted octanol–water partition coefficient (Wildman–Crippen LogP) is 5.28. The Labute approximate surface area is 208 Å². The summed E-state index contributed by atoms with van der Waals surface area (Å²) in [6.07, 6.45) is 1.92. The number of fused-ring (bicyclic) bond motifs is 1. The summed E-state index contributed by atoms with van der Waals surface area (Å²) >= 11 is 0. The minimum absolute atomic E-state index is 0.0187. The van der Waals surface area contributed by atoms with Gasteiger partial charge in [0.05, 0.1) is 11.7 Å². The van der Waals surface area contributed by atoms with Gasteiger partial charge in [-0.1, -0.05) is 0 Å². The van der Waals surface area contributed by atoms with Crippen molar-refractivity contribution >= 4 is 5.65 Å². The molecular formula is C26H22F4N4O3. The molecule has 1 aliphatic rings. The van der Waals surface area contributed by atoms with Crippen molar-refractivity contribution in [3.05, 3.63) is 87.1 Å². The molecule has 1 fully saturated rings. The first-order chi connectivity index (χ1) is 17.7. The highest BCUT2D eigenvalue weighted by Gasteiger charge is 2.28. The maximum absolute atomic E-state index is 14.9. The van der Waals surface area contributed by atoms with E-state index in [4.69, 9.17) is 4.74 Å². The number of hydrogen-bond donors (Lipinski definition) is 0. The van der Waals surface area contributed by atoms with Crippen molar-refractivity contribution < 1.29 is 27.0 Å². The summed E-state index contributed by atoms with van der Waals surface area (Å²) in [7, 11) is 0. The largest absolute Gasteiger partial charge is 0.417 e. The van der Waals surface area contributed by atoms with Crippen LogP contribution in [0, 0.1) is 25.5 Å². The fourth-order valence-corrected chi connectivity index (χ4v) is 4.51. The first kappa shape index (κ1) is 24.8. The number of aromatic nitrogens is 4. The summed E-state index contributed by atoms with van der Waals surface area (Å²) in [5, 5.41) is 0. The number of ether oxygens (including phenoxy) is 2. The average Bonchev–Trinajstić information content (AvgIpc) is 2.86. The molecule has 0 saturated carbocycles. The second-order valence-corrected chi connectivity index (χ2v) is 8.84. The van der Waals surface area contributed by atoms with E-state index < -0.39 is 29.9 Å². The van der Waals surface area contributed by atoms with Crippen LogP contribution in [0.5, 0.6) is 5.88 Å². The van der Waals surface area contributed by atoms with Gasteiger partial charge in [-0.3, -0.25) is 4.79 Å². The minimum Gasteiger partial charge on any atom is -0.417 e. The molecule has 0 unspecified atom stereocenters.